The van der Waals surface area contributed by atoms with Gasteiger partial charge < -0.3 is 9.62 Å². The summed E-state index contributed by atoms with van der Waals surface area (Å²) in [7, 11) is 1.61. The van der Waals surface area contributed by atoms with Crippen LogP contribution >= 0.6 is 12.4 Å². The van der Waals surface area contributed by atoms with Crippen LogP contribution in [0.5, 0.6) is 5.75 Å². The minimum atomic E-state index is -0.172. The van der Waals surface area contributed by atoms with Gasteiger partial charge in [-0.3, -0.25) is 5.41 Å². The lowest BCUT2D eigenvalue weighted by atomic mass is 10.1. The van der Waals surface area contributed by atoms with Crippen molar-refractivity contribution >= 4 is 18.3 Å². The summed E-state index contributed by atoms with van der Waals surface area (Å²) in [6.07, 6.45) is 0.279. The maximum absolute atomic E-state index is 8.22. The molecule has 0 aliphatic rings. The van der Waals surface area contributed by atoms with Crippen LogP contribution < -0.4 is 4.74 Å². The lowest BCUT2D eigenvalue weighted by Gasteiger charge is -2.06. The van der Waals surface area contributed by atoms with Gasteiger partial charge in [-0.05, 0) is 24.1 Å². The summed E-state index contributed by atoms with van der Waals surface area (Å²) in [6, 6.07) is 5.56. The molecule has 0 fully saturated rings. The molecule has 0 saturated heterocycles. The highest BCUT2D eigenvalue weighted by Crippen LogP contribution is 2.18. The van der Waals surface area contributed by atoms with Crippen molar-refractivity contribution in [3.63, 3.8) is 0 Å². The Morgan fingerprint density at radius 2 is 2.13 bits per heavy atom. The van der Waals surface area contributed by atoms with Crippen LogP contribution in [0, 0.1) is 12.3 Å². The number of nitrogens with one attached hydrogen (secondary N) is 1. The van der Waals surface area contributed by atoms with E-state index in [1.165, 1.54) is 0 Å². The van der Waals surface area contributed by atoms with Gasteiger partial charge in [-0.15, -0.1) is 12.4 Å². The highest BCUT2D eigenvalue weighted by atomic mass is 35.5. The quantitative estimate of drug-likeness (QED) is 0.364. The van der Waals surface area contributed by atoms with E-state index in [0.717, 1.165) is 16.9 Å². The molecule has 0 atom stereocenters. The van der Waals surface area contributed by atoms with E-state index >= 15 is 0 Å². The van der Waals surface area contributed by atoms with Gasteiger partial charge in [0, 0.05) is 0 Å². The summed E-state index contributed by atoms with van der Waals surface area (Å²) in [5.74, 6) is 0.639. The molecule has 1 rings (SSSR count). The predicted octanol–water partition coefficient (Wildman–Crippen LogP) is 2.43. The summed E-state index contributed by atoms with van der Waals surface area (Å²) < 4.78 is 5.10. The maximum atomic E-state index is 8.22. The summed E-state index contributed by atoms with van der Waals surface area (Å²) in [5.41, 5.74) is 1.90. The third-order valence-electron chi connectivity index (χ3n) is 1.93. The van der Waals surface area contributed by atoms with Crippen molar-refractivity contribution in [3.05, 3.63) is 29.3 Å². The molecule has 0 aliphatic carbocycles. The number of aryl methyl sites for hydroxylation is 1. The Labute approximate surface area is 94.7 Å². The van der Waals surface area contributed by atoms with Crippen LogP contribution in [-0.2, 0) is 11.3 Å². The van der Waals surface area contributed by atoms with Crippen LogP contribution in [0.2, 0.25) is 0 Å². The molecule has 0 saturated carbocycles. The Kier molecular flexibility index (Phi) is 5.74. The standard InChI is InChI=1S/C10H13NO3.ClH/c1-7-5-8(6-10(11)14-12)3-4-9(7)13-2;/h3-5,11-12H,6H2,1-2H3;1H. The Bertz CT molecular complexity index is 341. The van der Waals surface area contributed by atoms with Crippen LogP contribution in [0.15, 0.2) is 18.2 Å². The van der Waals surface area contributed by atoms with E-state index in [0.29, 0.717) is 0 Å². The van der Waals surface area contributed by atoms with Crippen molar-refractivity contribution in [2.75, 3.05) is 7.11 Å². The number of rotatable bonds is 3. The highest BCUT2D eigenvalue weighted by molar-refractivity contribution is 5.85. The molecule has 5 heteroatoms. The Hall–Kier alpha value is -1.26. The van der Waals surface area contributed by atoms with Gasteiger partial charge in [-0.25, -0.2) is 5.26 Å². The first kappa shape index (κ1) is 13.7. The average Bonchev–Trinajstić information content (AvgIpc) is 2.18. The van der Waals surface area contributed by atoms with E-state index in [4.69, 9.17) is 15.4 Å². The normalized spacial score (nSPS) is 9.00. The minimum Gasteiger partial charge on any atom is -0.496 e. The number of hydrogen-bond donors (Lipinski definition) is 2. The van der Waals surface area contributed by atoms with E-state index in [2.05, 4.69) is 4.89 Å². The molecule has 0 unspecified atom stereocenters. The predicted molar refractivity (Wildman–Crippen MR) is 60.1 cm³/mol. The van der Waals surface area contributed by atoms with Gasteiger partial charge in [0.2, 0.25) is 5.90 Å². The van der Waals surface area contributed by atoms with Gasteiger partial charge in [-0.2, -0.15) is 0 Å². The van der Waals surface area contributed by atoms with E-state index in [1.807, 2.05) is 25.1 Å². The lowest BCUT2D eigenvalue weighted by Crippen LogP contribution is -2.04. The molecule has 4 nitrogen and oxygen atoms in total. The van der Waals surface area contributed by atoms with Gasteiger partial charge in [0.05, 0.1) is 13.5 Å². The van der Waals surface area contributed by atoms with E-state index < -0.39 is 0 Å². The minimum absolute atomic E-state index is 0. The SMILES string of the molecule is COc1ccc(CC(=N)OO)cc1C.Cl. The highest BCUT2D eigenvalue weighted by Gasteiger charge is 2.03. The molecule has 0 spiro atoms. The van der Waals surface area contributed by atoms with Crippen molar-refractivity contribution in [1.29, 1.82) is 5.41 Å². The molecular weight excluding hydrogens is 218 g/mol. The Morgan fingerprint density at radius 3 is 2.60 bits per heavy atom. The molecule has 0 amide bonds. The molecule has 1 aromatic rings. The first-order valence-electron chi connectivity index (χ1n) is 4.19. The number of hydrogen-bond acceptors (Lipinski definition) is 4. The topological polar surface area (TPSA) is 62.5 Å². The maximum Gasteiger partial charge on any atom is 0.229 e. The fourth-order valence-electron chi connectivity index (χ4n) is 1.27. The molecular formula is C10H14ClNO3. The second-order valence-corrected chi connectivity index (χ2v) is 3.00. The van der Waals surface area contributed by atoms with Crippen LogP contribution in [0.3, 0.4) is 0 Å². The zero-order chi connectivity index (χ0) is 10.6. The molecule has 0 aliphatic heterocycles. The van der Waals surface area contributed by atoms with E-state index in [9.17, 15) is 0 Å². The van der Waals surface area contributed by atoms with E-state index in [-0.39, 0.29) is 24.7 Å². The first-order chi connectivity index (χ1) is 6.67. The van der Waals surface area contributed by atoms with Crippen molar-refractivity contribution < 1.29 is 14.9 Å². The fraction of sp³-hybridized carbons (Fsp3) is 0.300. The van der Waals surface area contributed by atoms with Gasteiger partial charge in [0.15, 0.2) is 0 Å². The van der Waals surface area contributed by atoms with E-state index in [1.54, 1.807) is 7.11 Å². The molecule has 15 heavy (non-hydrogen) atoms. The van der Waals surface area contributed by atoms with Crippen molar-refractivity contribution in [1.82, 2.24) is 0 Å². The van der Waals surface area contributed by atoms with Crippen LogP contribution in [0.1, 0.15) is 11.1 Å². The molecule has 0 aromatic heterocycles. The van der Waals surface area contributed by atoms with Gasteiger partial charge in [0.25, 0.3) is 0 Å². The van der Waals surface area contributed by atoms with Crippen LogP contribution in [0.25, 0.3) is 0 Å². The largest absolute Gasteiger partial charge is 0.496 e. The number of benzene rings is 1. The number of halogens is 1. The Morgan fingerprint density at radius 1 is 1.47 bits per heavy atom. The van der Waals surface area contributed by atoms with Crippen molar-refractivity contribution in [3.8, 4) is 5.75 Å². The summed E-state index contributed by atoms with van der Waals surface area (Å²) in [5, 5.41) is 15.4. The third kappa shape index (κ3) is 3.77. The molecule has 0 heterocycles. The zero-order valence-electron chi connectivity index (χ0n) is 8.61. The van der Waals surface area contributed by atoms with Gasteiger partial charge in [-0.1, -0.05) is 12.1 Å². The smallest absolute Gasteiger partial charge is 0.229 e. The van der Waals surface area contributed by atoms with Gasteiger partial charge in [0.1, 0.15) is 5.75 Å². The average molecular weight is 232 g/mol. The Balaban J connectivity index is 0.00000196. The monoisotopic (exact) mass is 231 g/mol. The molecule has 1 aromatic carbocycles. The summed E-state index contributed by atoms with van der Waals surface area (Å²) in [6.45, 7) is 1.92. The van der Waals surface area contributed by atoms with Crippen LogP contribution in [0.4, 0.5) is 0 Å². The molecule has 2 N–H and O–H groups in total. The van der Waals surface area contributed by atoms with Crippen molar-refractivity contribution in [2.24, 2.45) is 0 Å². The van der Waals surface area contributed by atoms with Crippen LogP contribution in [-0.4, -0.2) is 18.3 Å². The zero-order valence-corrected chi connectivity index (χ0v) is 9.43. The molecule has 84 valence electrons. The lowest BCUT2D eigenvalue weighted by molar-refractivity contribution is -0.157. The first-order valence-corrected chi connectivity index (χ1v) is 4.19. The number of ether oxygens (including phenoxy) is 1. The van der Waals surface area contributed by atoms with Gasteiger partial charge >= 0.3 is 0 Å². The molecule has 0 radical (unpaired) electrons. The summed E-state index contributed by atoms with van der Waals surface area (Å²) in [4.78, 5) is 3.80. The molecule has 0 bridgehead atoms. The second-order valence-electron chi connectivity index (χ2n) is 3.00. The summed E-state index contributed by atoms with van der Waals surface area (Å²) >= 11 is 0. The van der Waals surface area contributed by atoms with Crippen molar-refractivity contribution in [2.45, 2.75) is 13.3 Å². The third-order valence-corrected chi connectivity index (χ3v) is 1.93. The fourth-order valence-corrected chi connectivity index (χ4v) is 1.27. The second kappa shape index (κ2) is 6.27. The number of methoxy groups -OCH3 is 1.